The minimum Gasteiger partial charge on any atom is -0.306 e. The third-order valence-electron chi connectivity index (χ3n) is 4.24. The van der Waals surface area contributed by atoms with Gasteiger partial charge in [-0.15, -0.1) is 11.3 Å². The average molecular weight is 362 g/mol. The number of aromatic amines is 1. The number of alkyl halides is 3. The molecule has 3 aromatic rings. The van der Waals surface area contributed by atoms with E-state index in [2.05, 4.69) is 9.97 Å². The highest BCUT2D eigenvalue weighted by atomic mass is 32.1. The molecule has 0 saturated heterocycles. The molecule has 1 aliphatic carbocycles. The molecule has 128 valence electrons. The number of hydrogen-bond acceptors (Lipinski definition) is 3. The van der Waals surface area contributed by atoms with Crippen molar-refractivity contribution in [2.24, 2.45) is 0 Å². The summed E-state index contributed by atoms with van der Waals surface area (Å²) in [5.41, 5.74) is 0.600. The second-order valence-electron chi connectivity index (χ2n) is 5.95. The highest BCUT2D eigenvalue weighted by Crippen LogP contribution is 2.34. The van der Waals surface area contributed by atoms with E-state index in [9.17, 15) is 18.0 Å². The standard InChI is InChI=1S/C18H13F3N2OS/c19-18(20,21)11-4-1-3-10(9-11)7-8-14-22-16(24)15-12-5-2-6-13(12)25-17(15)23-14/h1,3-4,7-9H,2,5-6H2,(H,22,23,24)/b8-7+. The first-order valence-corrected chi connectivity index (χ1v) is 8.63. The van der Waals surface area contributed by atoms with E-state index in [1.54, 1.807) is 6.07 Å². The van der Waals surface area contributed by atoms with E-state index < -0.39 is 11.7 Å². The van der Waals surface area contributed by atoms with Gasteiger partial charge in [0.05, 0.1) is 10.9 Å². The Morgan fingerprint density at radius 1 is 1.20 bits per heavy atom. The molecule has 2 aromatic heterocycles. The van der Waals surface area contributed by atoms with Gasteiger partial charge in [0.2, 0.25) is 0 Å². The second kappa shape index (κ2) is 5.84. The quantitative estimate of drug-likeness (QED) is 0.720. The molecule has 3 nitrogen and oxygen atoms in total. The van der Waals surface area contributed by atoms with Crippen LogP contribution in [0.1, 0.15) is 33.8 Å². The van der Waals surface area contributed by atoms with Gasteiger partial charge in [0.15, 0.2) is 0 Å². The minimum atomic E-state index is -4.38. The molecule has 1 aliphatic rings. The Bertz CT molecular complexity index is 1050. The number of aromatic nitrogens is 2. The van der Waals surface area contributed by atoms with E-state index in [-0.39, 0.29) is 5.56 Å². The number of rotatable bonds is 2. The molecule has 1 N–H and O–H groups in total. The Labute approximate surface area is 144 Å². The molecule has 0 saturated carbocycles. The normalized spacial score (nSPS) is 14.5. The predicted octanol–water partition coefficient (Wildman–Crippen LogP) is 4.66. The Balaban J connectivity index is 1.69. The lowest BCUT2D eigenvalue weighted by Crippen LogP contribution is -2.09. The Morgan fingerprint density at radius 3 is 2.84 bits per heavy atom. The van der Waals surface area contributed by atoms with Crippen molar-refractivity contribution in [3.8, 4) is 0 Å². The van der Waals surface area contributed by atoms with Gasteiger partial charge in [-0.2, -0.15) is 13.2 Å². The summed E-state index contributed by atoms with van der Waals surface area (Å²) in [7, 11) is 0. The van der Waals surface area contributed by atoms with E-state index in [0.717, 1.165) is 37.0 Å². The van der Waals surface area contributed by atoms with Crippen molar-refractivity contribution < 1.29 is 13.2 Å². The van der Waals surface area contributed by atoms with E-state index in [1.807, 2.05) is 0 Å². The molecule has 0 aliphatic heterocycles. The lowest BCUT2D eigenvalue weighted by Gasteiger charge is -2.06. The maximum Gasteiger partial charge on any atom is 0.416 e. The van der Waals surface area contributed by atoms with Gasteiger partial charge in [-0.1, -0.05) is 18.2 Å². The van der Waals surface area contributed by atoms with Crippen molar-refractivity contribution in [1.29, 1.82) is 0 Å². The van der Waals surface area contributed by atoms with Crippen molar-refractivity contribution in [2.45, 2.75) is 25.4 Å². The van der Waals surface area contributed by atoms with Crippen LogP contribution < -0.4 is 5.56 Å². The number of benzene rings is 1. The van der Waals surface area contributed by atoms with Gasteiger partial charge in [0, 0.05) is 4.88 Å². The van der Waals surface area contributed by atoms with Gasteiger partial charge >= 0.3 is 6.18 Å². The van der Waals surface area contributed by atoms with Crippen LogP contribution >= 0.6 is 11.3 Å². The van der Waals surface area contributed by atoms with Gasteiger partial charge < -0.3 is 4.98 Å². The van der Waals surface area contributed by atoms with E-state index >= 15 is 0 Å². The SMILES string of the molecule is O=c1[nH]c(/C=C/c2cccc(C(F)(F)F)c2)nc2sc3c(c12)CCC3. The van der Waals surface area contributed by atoms with Crippen LogP contribution in [0.3, 0.4) is 0 Å². The van der Waals surface area contributed by atoms with Crippen LogP contribution in [0.25, 0.3) is 22.4 Å². The summed E-state index contributed by atoms with van der Waals surface area (Å²) in [6.07, 6.45) is 1.60. The largest absolute Gasteiger partial charge is 0.416 e. The number of aryl methyl sites for hydroxylation is 2. The minimum absolute atomic E-state index is 0.187. The first-order valence-electron chi connectivity index (χ1n) is 7.82. The highest BCUT2D eigenvalue weighted by molar-refractivity contribution is 7.18. The van der Waals surface area contributed by atoms with Gasteiger partial charge in [-0.05, 0) is 48.6 Å². The number of thiophene rings is 1. The number of H-pyrrole nitrogens is 1. The van der Waals surface area contributed by atoms with E-state index in [4.69, 9.17) is 0 Å². The van der Waals surface area contributed by atoms with Gasteiger partial charge in [0.1, 0.15) is 10.7 Å². The highest BCUT2D eigenvalue weighted by Gasteiger charge is 2.30. The summed E-state index contributed by atoms with van der Waals surface area (Å²) in [4.78, 5) is 21.4. The Hall–Kier alpha value is -2.41. The molecule has 0 amide bonds. The molecule has 0 unspecified atom stereocenters. The molecule has 25 heavy (non-hydrogen) atoms. The monoisotopic (exact) mass is 362 g/mol. The first-order chi connectivity index (χ1) is 11.9. The molecule has 4 rings (SSSR count). The molecule has 0 atom stereocenters. The fraction of sp³-hybridized carbons (Fsp3) is 0.222. The van der Waals surface area contributed by atoms with Crippen molar-refractivity contribution in [1.82, 2.24) is 9.97 Å². The van der Waals surface area contributed by atoms with Crippen LogP contribution in [-0.2, 0) is 19.0 Å². The Morgan fingerprint density at radius 2 is 2.04 bits per heavy atom. The molecule has 7 heteroatoms. The lowest BCUT2D eigenvalue weighted by atomic mass is 10.1. The number of nitrogens with zero attached hydrogens (tertiary/aromatic N) is 1. The molecule has 0 bridgehead atoms. The number of halogens is 3. The van der Waals surface area contributed by atoms with Crippen LogP contribution in [0.4, 0.5) is 13.2 Å². The second-order valence-corrected chi connectivity index (χ2v) is 7.03. The van der Waals surface area contributed by atoms with Crippen molar-refractivity contribution >= 4 is 33.7 Å². The van der Waals surface area contributed by atoms with E-state index in [0.29, 0.717) is 21.6 Å². The van der Waals surface area contributed by atoms with Crippen molar-refractivity contribution in [3.63, 3.8) is 0 Å². The maximum absolute atomic E-state index is 12.8. The van der Waals surface area contributed by atoms with Gasteiger partial charge in [-0.3, -0.25) is 4.79 Å². The predicted molar refractivity (Wildman–Crippen MR) is 92.6 cm³/mol. The smallest absolute Gasteiger partial charge is 0.306 e. The first kappa shape index (κ1) is 16.1. The molecule has 1 aromatic carbocycles. The topological polar surface area (TPSA) is 45.8 Å². The summed E-state index contributed by atoms with van der Waals surface area (Å²) in [5, 5.41) is 0.661. The van der Waals surface area contributed by atoms with Crippen LogP contribution in [-0.4, -0.2) is 9.97 Å². The fourth-order valence-corrected chi connectivity index (χ4v) is 4.36. The summed E-state index contributed by atoms with van der Waals surface area (Å²) >= 11 is 1.53. The molecule has 0 radical (unpaired) electrons. The van der Waals surface area contributed by atoms with E-state index in [1.165, 1.54) is 34.4 Å². The van der Waals surface area contributed by atoms with Gasteiger partial charge in [-0.25, -0.2) is 4.98 Å². The zero-order valence-corrected chi connectivity index (χ0v) is 13.8. The molecule has 2 heterocycles. The summed E-state index contributed by atoms with van der Waals surface area (Å²) in [5.74, 6) is 0.342. The summed E-state index contributed by atoms with van der Waals surface area (Å²) in [6.45, 7) is 0. The average Bonchev–Trinajstić information content (AvgIpc) is 3.12. The molecular weight excluding hydrogens is 349 g/mol. The number of fused-ring (bicyclic) bond motifs is 3. The zero-order chi connectivity index (χ0) is 17.6. The van der Waals surface area contributed by atoms with Crippen LogP contribution in [0, 0.1) is 0 Å². The lowest BCUT2D eigenvalue weighted by molar-refractivity contribution is -0.137. The molecule has 0 spiro atoms. The third-order valence-corrected chi connectivity index (χ3v) is 5.43. The van der Waals surface area contributed by atoms with Crippen molar-refractivity contribution in [2.75, 3.05) is 0 Å². The number of hydrogen-bond donors (Lipinski definition) is 1. The molecule has 0 fully saturated rings. The summed E-state index contributed by atoms with van der Waals surface area (Å²) < 4.78 is 38.3. The zero-order valence-electron chi connectivity index (χ0n) is 13.0. The fourth-order valence-electron chi connectivity index (χ4n) is 3.09. The maximum atomic E-state index is 12.8. The summed E-state index contributed by atoms with van der Waals surface area (Å²) in [6, 6.07) is 5.01. The number of nitrogens with one attached hydrogen (secondary N) is 1. The third kappa shape index (κ3) is 3.00. The van der Waals surface area contributed by atoms with Gasteiger partial charge in [0.25, 0.3) is 5.56 Å². The van der Waals surface area contributed by atoms with Crippen molar-refractivity contribution in [3.05, 3.63) is 62.0 Å². The Kier molecular flexibility index (Phi) is 3.76. The van der Waals surface area contributed by atoms with Crippen LogP contribution in [0.5, 0.6) is 0 Å². The molecular formula is C18H13F3N2OS. The van der Waals surface area contributed by atoms with Crippen LogP contribution in [0.15, 0.2) is 29.1 Å². The van der Waals surface area contributed by atoms with Crippen LogP contribution in [0.2, 0.25) is 0 Å².